The van der Waals surface area contributed by atoms with E-state index in [1.165, 1.54) is 29.5 Å². The maximum absolute atomic E-state index is 12.6. The molecule has 0 unspecified atom stereocenters. The summed E-state index contributed by atoms with van der Waals surface area (Å²) in [5.41, 5.74) is 1.67. The van der Waals surface area contributed by atoms with Crippen molar-refractivity contribution in [1.82, 2.24) is 19.8 Å². The Morgan fingerprint density at radius 1 is 1.09 bits per heavy atom. The molecule has 0 aliphatic rings. The number of carbonyl (C=O) groups excluding carboxylic acids is 1. The minimum atomic E-state index is -0.489. The number of para-hydroxylation sites is 1. The molecule has 11 heteroatoms. The molecule has 158 valence electrons. The van der Waals surface area contributed by atoms with Crippen molar-refractivity contribution >= 4 is 33.6 Å². The van der Waals surface area contributed by atoms with E-state index < -0.39 is 10.8 Å². The van der Waals surface area contributed by atoms with Gasteiger partial charge in [-0.25, -0.2) is 0 Å². The highest BCUT2D eigenvalue weighted by Crippen LogP contribution is 2.31. The molecule has 3 heterocycles. The first-order valence-electron chi connectivity index (χ1n) is 9.44. The van der Waals surface area contributed by atoms with Crippen molar-refractivity contribution in [3.05, 3.63) is 82.4 Å². The van der Waals surface area contributed by atoms with Crippen molar-refractivity contribution in [2.75, 3.05) is 5.32 Å². The molecule has 1 amide bonds. The lowest BCUT2D eigenvalue weighted by atomic mass is 10.1. The van der Waals surface area contributed by atoms with Crippen molar-refractivity contribution in [2.45, 2.75) is 6.92 Å². The Morgan fingerprint density at radius 2 is 1.88 bits per heavy atom. The van der Waals surface area contributed by atoms with Gasteiger partial charge in [-0.15, -0.1) is 10.2 Å². The predicted molar refractivity (Wildman–Crippen MR) is 118 cm³/mol. The van der Waals surface area contributed by atoms with Crippen LogP contribution in [0.15, 0.2) is 65.1 Å². The van der Waals surface area contributed by atoms with Crippen LogP contribution >= 0.6 is 11.3 Å². The molecule has 0 spiro atoms. The number of nitro groups is 1. The summed E-state index contributed by atoms with van der Waals surface area (Å²) in [5.74, 6) is 0.546. The lowest BCUT2D eigenvalue weighted by Gasteiger charge is -2.04. The van der Waals surface area contributed by atoms with Crippen molar-refractivity contribution in [3.8, 4) is 21.9 Å². The average Bonchev–Trinajstić information content (AvgIpc) is 3.52. The van der Waals surface area contributed by atoms with Gasteiger partial charge in [0, 0.05) is 17.3 Å². The Hall–Kier alpha value is -4.38. The topological polar surface area (TPSA) is 128 Å². The molecule has 1 N–H and O–H groups in total. The number of hydrogen-bond acceptors (Lipinski definition) is 8. The molecule has 0 atom stereocenters. The minimum absolute atomic E-state index is 0.0475. The molecule has 5 aromatic rings. The molecular weight excluding hydrogens is 432 g/mol. The third-order valence-electron chi connectivity index (χ3n) is 4.73. The Bertz CT molecular complexity index is 1470. The highest BCUT2D eigenvalue weighted by atomic mass is 32.1. The van der Waals surface area contributed by atoms with E-state index >= 15 is 0 Å². The van der Waals surface area contributed by atoms with Crippen LogP contribution in [0.4, 0.5) is 11.4 Å². The summed E-state index contributed by atoms with van der Waals surface area (Å²) < 4.78 is 7.26. The van der Waals surface area contributed by atoms with Crippen LogP contribution in [0.25, 0.3) is 26.9 Å². The second-order valence-corrected chi connectivity index (χ2v) is 7.77. The first-order valence-corrected chi connectivity index (χ1v) is 10.3. The lowest BCUT2D eigenvalue weighted by Crippen LogP contribution is -2.10. The Kier molecular flexibility index (Phi) is 4.71. The largest absolute Gasteiger partial charge is 0.451 e. The van der Waals surface area contributed by atoms with Gasteiger partial charge >= 0.3 is 0 Å². The predicted octanol–water partition coefficient (Wildman–Crippen LogP) is 4.58. The van der Waals surface area contributed by atoms with Crippen LogP contribution < -0.4 is 5.32 Å². The Morgan fingerprint density at radius 3 is 2.62 bits per heavy atom. The molecule has 0 bridgehead atoms. The second kappa shape index (κ2) is 7.71. The number of nitrogens with zero attached hydrogens (tertiary/aromatic N) is 5. The summed E-state index contributed by atoms with van der Waals surface area (Å²) in [4.78, 5) is 24.0. The fourth-order valence-corrected chi connectivity index (χ4v) is 4.06. The number of aromatic nitrogens is 4. The van der Waals surface area contributed by atoms with Crippen LogP contribution in [0.2, 0.25) is 0 Å². The van der Waals surface area contributed by atoms with Crippen molar-refractivity contribution in [2.24, 2.45) is 0 Å². The first-order chi connectivity index (χ1) is 15.5. The lowest BCUT2D eigenvalue weighted by molar-refractivity contribution is -0.384. The zero-order chi connectivity index (χ0) is 22.2. The number of benzene rings is 2. The summed E-state index contributed by atoms with van der Waals surface area (Å²) in [5, 5.41) is 27.3. The highest BCUT2D eigenvalue weighted by molar-refractivity contribution is 7.19. The number of anilines is 1. The summed E-state index contributed by atoms with van der Waals surface area (Å²) >= 11 is 1.42. The fourth-order valence-electron chi connectivity index (χ4n) is 3.17. The SMILES string of the molecule is Cc1nnc2sc(-c3ccc(NC(=O)c4ccc(-c5ccccc5[N+](=O)[O-])o4)cc3)nn12. The summed E-state index contributed by atoms with van der Waals surface area (Å²) in [6, 6.07) is 16.4. The third-order valence-corrected chi connectivity index (χ3v) is 5.68. The van der Waals surface area contributed by atoms with Crippen LogP contribution in [0.3, 0.4) is 0 Å². The quantitative estimate of drug-likeness (QED) is 0.309. The number of furan rings is 1. The molecule has 0 saturated heterocycles. The molecular formula is C21H14N6O4S. The first kappa shape index (κ1) is 19.6. The molecule has 2 aromatic carbocycles. The van der Waals surface area contributed by atoms with E-state index in [0.29, 0.717) is 22.0 Å². The molecule has 3 aromatic heterocycles. The molecule has 0 aliphatic heterocycles. The standard InChI is InChI=1S/C21H14N6O4S/c1-12-23-24-21-26(12)25-20(32-21)13-6-8-14(9-7-13)22-19(28)18-11-10-17(31-18)15-4-2-3-5-16(15)27(29)30/h2-11H,1H3,(H,22,28). The molecule has 0 aliphatic carbocycles. The van der Waals surface area contributed by atoms with Gasteiger partial charge in [0.05, 0.1) is 10.5 Å². The van der Waals surface area contributed by atoms with Gasteiger partial charge in [0.15, 0.2) is 11.6 Å². The van der Waals surface area contributed by atoms with Gasteiger partial charge in [-0.2, -0.15) is 9.61 Å². The molecule has 5 rings (SSSR count). The van der Waals surface area contributed by atoms with Gasteiger partial charge in [-0.1, -0.05) is 23.5 Å². The number of amides is 1. The number of nitrogens with one attached hydrogen (secondary N) is 1. The van der Waals surface area contributed by atoms with E-state index in [4.69, 9.17) is 4.42 Å². The number of fused-ring (bicyclic) bond motifs is 1. The van der Waals surface area contributed by atoms with E-state index in [-0.39, 0.29) is 17.2 Å². The Balaban J connectivity index is 1.33. The minimum Gasteiger partial charge on any atom is -0.451 e. The number of carbonyl (C=O) groups is 1. The maximum Gasteiger partial charge on any atom is 0.291 e. The van der Waals surface area contributed by atoms with Crippen LogP contribution in [0, 0.1) is 17.0 Å². The van der Waals surface area contributed by atoms with Gasteiger partial charge in [0.1, 0.15) is 10.8 Å². The molecule has 0 radical (unpaired) electrons. The zero-order valence-electron chi connectivity index (χ0n) is 16.6. The second-order valence-electron chi connectivity index (χ2n) is 6.82. The highest BCUT2D eigenvalue weighted by Gasteiger charge is 2.19. The molecule has 0 fully saturated rings. The van der Waals surface area contributed by atoms with Crippen LogP contribution in [-0.2, 0) is 0 Å². The number of rotatable bonds is 5. The average molecular weight is 446 g/mol. The Labute approximate surface area is 184 Å². The summed E-state index contributed by atoms with van der Waals surface area (Å²) in [7, 11) is 0. The van der Waals surface area contributed by atoms with Crippen LogP contribution in [0.5, 0.6) is 0 Å². The zero-order valence-corrected chi connectivity index (χ0v) is 17.4. The fraction of sp³-hybridized carbons (Fsp3) is 0.0476. The van der Waals surface area contributed by atoms with E-state index in [1.54, 1.807) is 34.8 Å². The maximum atomic E-state index is 12.6. The smallest absolute Gasteiger partial charge is 0.291 e. The van der Waals surface area contributed by atoms with Crippen molar-refractivity contribution in [1.29, 1.82) is 0 Å². The summed E-state index contributed by atoms with van der Waals surface area (Å²) in [6.07, 6.45) is 0. The number of hydrogen-bond donors (Lipinski definition) is 1. The van der Waals surface area contributed by atoms with Gasteiger partial charge in [0.25, 0.3) is 11.6 Å². The monoisotopic (exact) mass is 446 g/mol. The van der Waals surface area contributed by atoms with Gasteiger partial charge in [0.2, 0.25) is 4.96 Å². The third kappa shape index (κ3) is 3.50. The van der Waals surface area contributed by atoms with Crippen LogP contribution in [-0.4, -0.2) is 30.6 Å². The van der Waals surface area contributed by atoms with Gasteiger partial charge in [-0.3, -0.25) is 14.9 Å². The van der Waals surface area contributed by atoms with Gasteiger partial charge < -0.3 is 9.73 Å². The normalized spacial score (nSPS) is 11.0. The molecule has 10 nitrogen and oxygen atoms in total. The van der Waals surface area contributed by atoms with E-state index in [9.17, 15) is 14.9 Å². The van der Waals surface area contributed by atoms with E-state index in [2.05, 4.69) is 20.6 Å². The van der Waals surface area contributed by atoms with Crippen LogP contribution in [0.1, 0.15) is 16.4 Å². The van der Waals surface area contributed by atoms with Crippen molar-refractivity contribution < 1.29 is 14.1 Å². The van der Waals surface area contributed by atoms with Gasteiger partial charge in [-0.05, 0) is 49.4 Å². The van der Waals surface area contributed by atoms with E-state index in [1.807, 2.05) is 19.1 Å². The van der Waals surface area contributed by atoms with E-state index in [0.717, 1.165) is 10.6 Å². The summed E-state index contributed by atoms with van der Waals surface area (Å²) in [6.45, 7) is 1.83. The van der Waals surface area contributed by atoms with Crippen molar-refractivity contribution in [3.63, 3.8) is 0 Å². The molecule has 0 saturated carbocycles. The number of nitro benzene ring substituents is 1. The molecule has 32 heavy (non-hydrogen) atoms. The number of aryl methyl sites for hydroxylation is 1.